The molecule has 3 N–H and O–H groups in total. The zero-order valence-electron chi connectivity index (χ0n) is 12.0. The molecule has 112 valence electrons. The molecule has 0 aliphatic rings. The summed E-state index contributed by atoms with van der Waals surface area (Å²) in [5.74, 6) is -0.497. The summed E-state index contributed by atoms with van der Waals surface area (Å²) in [6.45, 7) is 1.48. The molecule has 1 aromatic carbocycles. The number of hydrogen-bond acceptors (Lipinski definition) is 4. The first-order chi connectivity index (χ1) is 10.2. The van der Waals surface area contributed by atoms with E-state index in [0.717, 1.165) is 5.56 Å². The Balaban J connectivity index is 2.01. The molecule has 6 nitrogen and oxygen atoms in total. The first kappa shape index (κ1) is 15.2. The highest BCUT2D eigenvalue weighted by atomic mass is 16.5. The molecule has 0 bridgehead atoms. The predicted octanol–water partition coefficient (Wildman–Crippen LogP) is 1.21. The van der Waals surface area contributed by atoms with Gasteiger partial charge in [-0.25, -0.2) is 0 Å². The monoisotopic (exact) mass is 288 g/mol. The van der Waals surface area contributed by atoms with E-state index in [0.29, 0.717) is 18.8 Å². The molecule has 1 atom stereocenters. The third kappa shape index (κ3) is 4.14. The van der Waals surface area contributed by atoms with Crippen LogP contribution in [0.1, 0.15) is 11.5 Å². The SMILES string of the molecule is COCCn1cc(NC(=O)C(CN)c2ccccc2)cn1. The number of carbonyl (C=O) groups is 1. The summed E-state index contributed by atoms with van der Waals surface area (Å²) >= 11 is 0. The van der Waals surface area contributed by atoms with Gasteiger partial charge in [-0.1, -0.05) is 30.3 Å². The minimum absolute atomic E-state index is 0.130. The molecule has 0 spiro atoms. The zero-order chi connectivity index (χ0) is 15.1. The van der Waals surface area contributed by atoms with Crippen molar-refractivity contribution in [2.75, 3.05) is 25.6 Å². The molecule has 1 heterocycles. The highest BCUT2D eigenvalue weighted by Crippen LogP contribution is 2.17. The fourth-order valence-electron chi connectivity index (χ4n) is 2.04. The number of nitrogens with zero attached hydrogens (tertiary/aromatic N) is 2. The van der Waals surface area contributed by atoms with Crippen LogP contribution in [0.3, 0.4) is 0 Å². The van der Waals surface area contributed by atoms with Gasteiger partial charge in [-0.05, 0) is 5.56 Å². The normalized spacial score (nSPS) is 12.1. The van der Waals surface area contributed by atoms with Crippen molar-refractivity contribution >= 4 is 11.6 Å². The maximum atomic E-state index is 12.3. The molecule has 0 aliphatic heterocycles. The summed E-state index contributed by atoms with van der Waals surface area (Å²) in [6.07, 6.45) is 3.39. The van der Waals surface area contributed by atoms with E-state index < -0.39 is 0 Å². The zero-order valence-corrected chi connectivity index (χ0v) is 12.0. The fraction of sp³-hybridized carbons (Fsp3) is 0.333. The van der Waals surface area contributed by atoms with Crippen LogP contribution in [0.2, 0.25) is 0 Å². The van der Waals surface area contributed by atoms with Gasteiger partial charge < -0.3 is 15.8 Å². The molecular formula is C15H20N4O2. The summed E-state index contributed by atoms with van der Waals surface area (Å²) in [7, 11) is 1.64. The molecule has 2 aromatic rings. The van der Waals surface area contributed by atoms with Crippen LogP contribution in [0.5, 0.6) is 0 Å². The number of carbonyl (C=O) groups excluding carboxylic acids is 1. The largest absolute Gasteiger partial charge is 0.383 e. The molecule has 2 rings (SSSR count). The van der Waals surface area contributed by atoms with Crippen LogP contribution < -0.4 is 11.1 Å². The lowest BCUT2D eigenvalue weighted by Gasteiger charge is -2.14. The van der Waals surface area contributed by atoms with Crippen molar-refractivity contribution in [3.63, 3.8) is 0 Å². The van der Waals surface area contributed by atoms with Gasteiger partial charge in [0.2, 0.25) is 5.91 Å². The topological polar surface area (TPSA) is 82.2 Å². The van der Waals surface area contributed by atoms with Crippen LogP contribution in [0, 0.1) is 0 Å². The third-order valence-corrected chi connectivity index (χ3v) is 3.18. The molecule has 0 radical (unpaired) electrons. The second-order valence-corrected chi connectivity index (χ2v) is 4.67. The summed E-state index contributed by atoms with van der Waals surface area (Å²) in [4.78, 5) is 12.3. The highest BCUT2D eigenvalue weighted by Gasteiger charge is 2.19. The van der Waals surface area contributed by atoms with Crippen molar-refractivity contribution in [2.45, 2.75) is 12.5 Å². The highest BCUT2D eigenvalue weighted by molar-refractivity contribution is 5.95. The quantitative estimate of drug-likeness (QED) is 0.802. The van der Waals surface area contributed by atoms with Crippen LogP contribution in [-0.4, -0.2) is 35.9 Å². The van der Waals surface area contributed by atoms with Crippen molar-refractivity contribution in [3.05, 3.63) is 48.3 Å². The number of nitrogens with two attached hydrogens (primary N) is 1. The number of nitrogens with one attached hydrogen (secondary N) is 1. The van der Waals surface area contributed by atoms with E-state index in [4.69, 9.17) is 10.5 Å². The molecule has 0 saturated heterocycles. The third-order valence-electron chi connectivity index (χ3n) is 3.18. The summed E-state index contributed by atoms with van der Waals surface area (Å²) < 4.78 is 6.71. The number of aromatic nitrogens is 2. The number of amides is 1. The van der Waals surface area contributed by atoms with Gasteiger partial charge in [0.05, 0.1) is 31.0 Å². The number of benzene rings is 1. The molecule has 21 heavy (non-hydrogen) atoms. The lowest BCUT2D eigenvalue weighted by atomic mass is 9.98. The van der Waals surface area contributed by atoms with Crippen molar-refractivity contribution in [1.82, 2.24) is 9.78 Å². The molecule has 1 aromatic heterocycles. The molecular weight excluding hydrogens is 268 g/mol. The van der Waals surface area contributed by atoms with Gasteiger partial charge in [-0.3, -0.25) is 9.48 Å². The first-order valence-corrected chi connectivity index (χ1v) is 6.82. The Hall–Kier alpha value is -2.18. The van der Waals surface area contributed by atoms with E-state index in [-0.39, 0.29) is 18.4 Å². The number of anilines is 1. The van der Waals surface area contributed by atoms with Gasteiger partial charge >= 0.3 is 0 Å². The second kappa shape index (κ2) is 7.56. The van der Waals surface area contributed by atoms with E-state index in [1.54, 1.807) is 24.2 Å². The summed E-state index contributed by atoms with van der Waals surface area (Å²) in [5.41, 5.74) is 7.30. The maximum Gasteiger partial charge on any atom is 0.233 e. The van der Waals surface area contributed by atoms with Crippen molar-refractivity contribution in [1.29, 1.82) is 0 Å². The van der Waals surface area contributed by atoms with Crippen molar-refractivity contribution < 1.29 is 9.53 Å². The van der Waals surface area contributed by atoms with Crippen LogP contribution in [0.25, 0.3) is 0 Å². The van der Waals surface area contributed by atoms with E-state index in [1.807, 2.05) is 30.3 Å². The molecule has 0 saturated carbocycles. The molecule has 0 aliphatic carbocycles. The minimum atomic E-state index is -0.367. The van der Waals surface area contributed by atoms with Gasteiger partial charge in [0.25, 0.3) is 0 Å². The minimum Gasteiger partial charge on any atom is -0.383 e. The summed E-state index contributed by atoms with van der Waals surface area (Å²) in [6, 6.07) is 9.51. The number of hydrogen-bond donors (Lipinski definition) is 2. The van der Waals surface area contributed by atoms with Crippen LogP contribution >= 0.6 is 0 Å². The van der Waals surface area contributed by atoms with Crippen LogP contribution in [0.15, 0.2) is 42.7 Å². The van der Waals surface area contributed by atoms with Gasteiger partial charge in [0.1, 0.15) is 0 Å². The predicted molar refractivity (Wildman–Crippen MR) is 81.0 cm³/mol. The van der Waals surface area contributed by atoms with E-state index in [1.165, 1.54) is 0 Å². The first-order valence-electron chi connectivity index (χ1n) is 6.82. The molecule has 0 fully saturated rings. The van der Waals surface area contributed by atoms with Gasteiger partial charge in [0.15, 0.2) is 0 Å². The standard InChI is InChI=1S/C15H20N4O2/c1-21-8-7-19-11-13(10-17-19)18-15(20)14(9-16)12-5-3-2-4-6-12/h2-6,10-11,14H,7-9,16H2,1H3,(H,18,20). The number of methoxy groups -OCH3 is 1. The van der Waals surface area contributed by atoms with E-state index in [2.05, 4.69) is 10.4 Å². The van der Waals surface area contributed by atoms with Crippen LogP contribution in [-0.2, 0) is 16.1 Å². The molecule has 6 heteroatoms. The Morgan fingerprint density at radius 1 is 1.43 bits per heavy atom. The van der Waals surface area contributed by atoms with E-state index in [9.17, 15) is 4.79 Å². The van der Waals surface area contributed by atoms with Gasteiger partial charge in [-0.2, -0.15) is 5.10 Å². The van der Waals surface area contributed by atoms with Gasteiger partial charge in [-0.15, -0.1) is 0 Å². The van der Waals surface area contributed by atoms with Crippen molar-refractivity contribution in [2.24, 2.45) is 5.73 Å². The molecule has 1 amide bonds. The average molecular weight is 288 g/mol. The number of rotatable bonds is 7. The van der Waals surface area contributed by atoms with Gasteiger partial charge in [0, 0.05) is 19.9 Å². The Bertz CT molecular complexity index is 568. The van der Waals surface area contributed by atoms with Crippen molar-refractivity contribution in [3.8, 4) is 0 Å². The Morgan fingerprint density at radius 2 is 2.19 bits per heavy atom. The Kier molecular flexibility index (Phi) is 5.48. The van der Waals surface area contributed by atoms with Crippen LogP contribution in [0.4, 0.5) is 5.69 Å². The maximum absolute atomic E-state index is 12.3. The lowest BCUT2D eigenvalue weighted by Crippen LogP contribution is -2.27. The second-order valence-electron chi connectivity index (χ2n) is 4.67. The smallest absolute Gasteiger partial charge is 0.233 e. The van der Waals surface area contributed by atoms with E-state index >= 15 is 0 Å². The molecule has 1 unspecified atom stereocenters. The summed E-state index contributed by atoms with van der Waals surface area (Å²) in [5, 5.41) is 7.00. The lowest BCUT2D eigenvalue weighted by molar-refractivity contribution is -0.117. The number of ether oxygens (including phenoxy) is 1. The Morgan fingerprint density at radius 3 is 2.86 bits per heavy atom. The Labute approximate surface area is 123 Å². The fourth-order valence-corrected chi connectivity index (χ4v) is 2.04. The average Bonchev–Trinajstić information content (AvgIpc) is 2.94.